The van der Waals surface area contributed by atoms with E-state index in [9.17, 15) is 31.5 Å². The van der Waals surface area contributed by atoms with Gasteiger partial charge in [-0.1, -0.05) is 11.6 Å². The van der Waals surface area contributed by atoms with Crippen LogP contribution in [0.1, 0.15) is 38.7 Å². The summed E-state index contributed by atoms with van der Waals surface area (Å²) < 4.78 is 68.5. The number of anilines is 3. The number of H-pyrrole nitrogens is 1. The Morgan fingerprint density at radius 2 is 1.88 bits per heavy atom. The van der Waals surface area contributed by atoms with Gasteiger partial charge < -0.3 is 16.4 Å². The first-order valence-electron chi connectivity index (χ1n) is 12.1. The van der Waals surface area contributed by atoms with Crippen molar-refractivity contribution in [1.82, 2.24) is 15.5 Å². The number of nitrogens with one attached hydrogen (secondary N) is 3. The van der Waals surface area contributed by atoms with Crippen LogP contribution in [0.4, 0.5) is 43.9 Å². The lowest BCUT2D eigenvalue weighted by Gasteiger charge is -2.35. The van der Waals surface area contributed by atoms with Gasteiger partial charge in [0.1, 0.15) is 17.5 Å². The van der Waals surface area contributed by atoms with Gasteiger partial charge in [-0.2, -0.15) is 18.3 Å². The number of aromatic nitrogens is 2. The number of carbonyl (C=O) groups excluding carboxylic acids is 2. The number of rotatable bonds is 4. The summed E-state index contributed by atoms with van der Waals surface area (Å²) in [7, 11) is 0. The average Bonchev–Trinajstić information content (AvgIpc) is 3.55. The summed E-state index contributed by atoms with van der Waals surface area (Å²) in [6.45, 7) is 0.268. The van der Waals surface area contributed by atoms with Gasteiger partial charge in [-0.05, 0) is 54.4 Å². The highest BCUT2D eigenvalue weighted by Gasteiger charge is 2.41. The van der Waals surface area contributed by atoms with E-state index in [0.29, 0.717) is 46.6 Å². The summed E-state index contributed by atoms with van der Waals surface area (Å²) in [5.41, 5.74) is 6.52. The van der Waals surface area contributed by atoms with Crippen LogP contribution in [0.25, 0.3) is 11.3 Å². The highest BCUT2D eigenvalue weighted by Crippen LogP contribution is 2.49. The van der Waals surface area contributed by atoms with Crippen molar-refractivity contribution in [2.24, 2.45) is 0 Å². The summed E-state index contributed by atoms with van der Waals surface area (Å²) >= 11 is 6.40. The molecule has 3 heterocycles. The van der Waals surface area contributed by atoms with Crippen LogP contribution in [0.3, 0.4) is 0 Å². The van der Waals surface area contributed by atoms with E-state index in [4.69, 9.17) is 17.3 Å². The van der Waals surface area contributed by atoms with Crippen molar-refractivity contribution in [3.63, 3.8) is 0 Å². The van der Waals surface area contributed by atoms with Crippen LogP contribution < -0.4 is 21.3 Å². The highest BCUT2D eigenvalue weighted by molar-refractivity contribution is 6.31. The summed E-state index contributed by atoms with van der Waals surface area (Å²) in [5.74, 6) is -2.76. The van der Waals surface area contributed by atoms with Crippen molar-refractivity contribution in [2.75, 3.05) is 22.5 Å². The van der Waals surface area contributed by atoms with Gasteiger partial charge in [-0.15, -0.1) is 0 Å². The first-order chi connectivity index (χ1) is 19.4. The lowest BCUT2D eigenvalue weighted by atomic mass is 9.88. The molecule has 14 heteroatoms. The van der Waals surface area contributed by atoms with Gasteiger partial charge in [-0.3, -0.25) is 14.8 Å². The fraction of sp³-hybridized carbons (Fsp3) is 0.148. The van der Waals surface area contributed by atoms with E-state index >= 15 is 0 Å². The minimum Gasteiger partial charge on any atom is -0.382 e. The van der Waals surface area contributed by atoms with E-state index in [1.807, 2.05) is 0 Å². The van der Waals surface area contributed by atoms with Crippen LogP contribution in [0.15, 0.2) is 48.5 Å². The monoisotopic (exact) mass is 588 g/mol. The molecule has 2 aliphatic rings. The van der Waals surface area contributed by atoms with Gasteiger partial charge >= 0.3 is 12.2 Å². The third-order valence-corrected chi connectivity index (χ3v) is 7.34. The van der Waals surface area contributed by atoms with Crippen molar-refractivity contribution in [3.05, 3.63) is 93.0 Å². The Hall–Kier alpha value is -4.65. The first-order valence-corrected chi connectivity index (χ1v) is 12.5. The third-order valence-electron chi connectivity index (χ3n) is 6.99. The number of hydrogen-bond acceptors (Lipinski definition) is 4. The lowest BCUT2D eigenvalue weighted by Crippen LogP contribution is -2.46. The van der Waals surface area contributed by atoms with Crippen LogP contribution in [-0.4, -0.2) is 28.7 Å². The first kappa shape index (κ1) is 26.6. The topological polar surface area (TPSA) is 116 Å². The molecule has 210 valence electrons. The van der Waals surface area contributed by atoms with Crippen molar-refractivity contribution in [2.45, 2.75) is 18.6 Å². The second kappa shape index (κ2) is 9.47. The van der Waals surface area contributed by atoms with E-state index in [2.05, 4.69) is 20.8 Å². The molecule has 1 atom stereocenters. The van der Waals surface area contributed by atoms with Crippen molar-refractivity contribution < 1.29 is 31.5 Å². The fourth-order valence-corrected chi connectivity index (χ4v) is 5.49. The van der Waals surface area contributed by atoms with E-state index in [1.54, 1.807) is 12.1 Å². The van der Waals surface area contributed by atoms with Crippen LogP contribution >= 0.6 is 11.6 Å². The second-order valence-electron chi connectivity index (χ2n) is 9.55. The number of nitrogens with two attached hydrogens (primary N) is 1. The highest BCUT2D eigenvalue weighted by atomic mass is 35.5. The minimum absolute atomic E-state index is 0.0620. The predicted molar refractivity (Wildman–Crippen MR) is 141 cm³/mol. The molecule has 0 unspecified atom stereocenters. The number of hydrogen-bond donors (Lipinski definition) is 4. The van der Waals surface area contributed by atoms with E-state index in [-0.39, 0.29) is 34.7 Å². The minimum atomic E-state index is -4.89. The van der Waals surface area contributed by atoms with Crippen LogP contribution in [-0.2, 0) is 12.6 Å². The number of benzene rings is 3. The molecule has 8 nitrogen and oxygen atoms in total. The zero-order valence-electron chi connectivity index (χ0n) is 20.7. The molecule has 0 radical (unpaired) electrons. The normalized spacial score (nSPS) is 16.0. The Kier molecular flexibility index (Phi) is 6.14. The number of urea groups is 1. The number of nitrogens with zero attached hydrogens (tertiary/aromatic N) is 2. The molecule has 41 heavy (non-hydrogen) atoms. The Morgan fingerprint density at radius 1 is 1.10 bits per heavy atom. The van der Waals surface area contributed by atoms with Gasteiger partial charge in [0.25, 0.3) is 5.91 Å². The number of aromatic amines is 1. The van der Waals surface area contributed by atoms with Crippen LogP contribution in [0.2, 0.25) is 5.02 Å². The standard InChI is InChI=1S/C27H18ClF5N6O2/c28-18-2-1-13(29)8-17(18)23-22-20(35-25(40)11-5-12(27(31,32)33)7-14(30)6-11)9-16(19-10-21(34)38-37-19)15-3-4-39(24(15)22)26(41)36-23/h1-2,5-10,23H,3-4H2,(H,35,40)(H,36,41)(H3,34,37,38)/t23-/m0/s1. The molecule has 6 rings (SSSR count). The van der Waals surface area contributed by atoms with Crippen LogP contribution in [0, 0.1) is 11.6 Å². The van der Waals surface area contributed by atoms with Crippen molar-refractivity contribution in [1.29, 1.82) is 0 Å². The summed E-state index contributed by atoms with van der Waals surface area (Å²) in [4.78, 5) is 27.9. The maximum atomic E-state index is 14.3. The number of halogens is 6. The maximum absolute atomic E-state index is 14.3. The number of carbonyl (C=O) groups is 2. The van der Waals surface area contributed by atoms with E-state index in [1.165, 1.54) is 11.0 Å². The number of alkyl halides is 3. The van der Waals surface area contributed by atoms with E-state index < -0.39 is 46.9 Å². The van der Waals surface area contributed by atoms with Crippen LogP contribution in [0.5, 0.6) is 0 Å². The number of amides is 3. The van der Waals surface area contributed by atoms with Gasteiger partial charge in [-0.25, -0.2) is 13.6 Å². The molecule has 5 N–H and O–H groups in total. The fourth-order valence-electron chi connectivity index (χ4n) is 5.26. The zero-order valence-corrected chi connectivity index (χ0v) is 21.4. The molecular weight excluding hydrogens is 571 g/mol. The van der Waals surface area contributed by atoms with Gasteiger partial charge in [0.2, 0.25) is 0 Å². The molecule has 0 saturated carbocycles. The molecular formula is C27H18ClF5N6O2. The zero-order chi connectivity index (χ0) is 29.2. The van der Waals surface area contributed by atoms with E-state index in [0.717, 1.165) is 12.1 Å². The molecule has 3 amide bonds. The molecule has 4 aromatic rings. The summed E-state index contributed by atoms with van der Waals surface area (Å²) in [5, 5.41) is 12.2. The SMILES string of the molecule is Nc1cc(-c2cc(NC(=O)c3cc(F)cc(C(F)(F)F)c3)c3c4c2CCN4C(=O)N[C@H]3c2cc(F)ccc2Cl)[nH]n1. The Balaban J connectivity index is 1.56. The largest absolute Gasteiger partial charge is 0.416 e. The maximum Gasteiger partial charge on any atom is 0.416 e. The molecule has 0 spiro atoms. The van der Waals surface area contributed by atoms with Crippen molar-refractivity contribution >= 4 is 40.7 Å². The van der Waals surface area contributed by atoms with Gasteiger partial charge in [0, 0.05) is 45.6 Å². The lowest BCUT2D eigenvalue weighted by molar-refractivity contribution is -0.137. The number of nitrogen functional groups attached to an aromatic ring is 1. The van der Waals surface area contributed by atoms with Gasteiger partial charge in [0.15, 0.2) is 0 Å². The molecule has 0 saturated heterocycles. The Bertz CT molecular complexity index is 1750. The second-order valence-corrected chi connectivity index (χ2v) is 9.96. The Morgan fingerprint density at radius 3 is 2.59 bits per heavy atom. The third kappa shape index (κ3) is 4.61. The molecule has 0 fully saturated rings. The van der Waals surface area contributed by atoms with Gasteiger partial charge in [0.05, 0.1) is 23.0 Å². The molecule has 0 aliphatic carbocycles. The Labute approximate surface area is 233 Å². The smallest absolute Gasteiger partial charge is 0.382 e. The molecule has 0 bridgehead atoms. The summed E-state index contributed by atoms with van der Waals surface area (Å²) in [6, 6.07) is 6.62. The summed E-state index contributed by atoms with van der Waals surface area (Å²) in [6.07, 6.45) is -4.49. The quantitative estimate of drug-likeness (QED) is 0.218. The molecule has 1 aromatic heterocycles. The molecule has 2 aliphatic heterocycles. The van der Waals surface area contributed by atoms with Crippen molar-refractivity contribution in [3.8, 4) is 11.3 Å². The predicted octanol–water partition coefficient (Wildman–Crippen LogP) is 6.04. The molecule has 3 aromatic carbocycles. The average molecular weight is 589 g/mol.